The summed E-state index contributed by atoms with van der Waals surface area (Å²) in [4.78, 5) is 16.2. The van der Waals surface area contributed by atoms with Crippen LogP contribution in [-0.4, -0.2) is 16.8 Å². The van der Waals surface area contributed by atoms with E-state index in [1.165, 1.54) is 0 Å². The van der Waals surface area contributed by atoms with Gasteiger partial charge in [-0.15, -0.1) is 22.9 Å². The molecule has 0 aromatic carbocycles. The summed E-state index contributed by atoms with van der Waals surface area (Å²) in [5.41, 5.74) is 0.984. The van der Waals surface area contributed by atoms with Crippen LogP contribution < -0.4 is 5.32 Å². The Labute approximate surface area is 86.1 Å². The maximum absolute atomic E-state index is 10.8. The Bertz CT molecular complexity index is 311. The first kappa shape index (κ1) is 10.5. The molecule has 1 aromatic heterocycles. The predicted molar refractivity (Wildman–Crippen MR) is 54.2 cm³/mol. The predicted octanol–water partition coefficient (Wildman–Crippen LogP) is 1.61. The summed E-state index contributed by atoms with van der Waals surface area (Å²) < 4.78 is 0. The van der Waals surface area contributed by atoms with Crippen LogP contribution in [0.3, 0.4) is 0 Å². The zero-order valence-corrected chi connectivity index (χ0v) is 9.13. The number of halogens is 1. The number of nitrogens with one attached hydrogen (secondary N) is 1. The zero-order chi connectivity index (χ0) is 9.84. The second-order valence-corrected chi connectivity index (χ2v) is 4.21. The Morgan fingerprint density at radius 3 is 2.77 bits per heavy atom. The van der Waals surface area contributed by atoms with Crippen molar-refractivity contribution in [3.8, 4) is 0 Å². The second-order valence-electron chi connectivity index (χ2n) is 2.65. The van der Waals surface area contributed by atoms with Crippen LogP contribution in [0.25, 0.3) is 0 Å². The average molecular weight is 219 g/mol. The van der Waals surface area contributed by atoms with Gasteiger partial charge in [0.05, 0.1) is 17.2 Å². The topological polar surface area (TPSA) is 42.0 Å². The molecule has 1 N–H and O–H groups in total. The van der Waals surface area contributed by atoms with Crippen LogP contribution >= 0.6 is 22.9 Å². The van der Waals surface area contributed by atoms with Gasteiger partial charge < -0.3 is 5.32 Å². The van der Waals surface area contributed by atoms with Crippen molar-refractivity contribution in [2.24, 2.45) is 0 Å². The number of alkyl halides is 1. The SMILES string of the molecule is Cc1nc(C)c(CNC(=O)CCl)s1. The molecule has 0 radical (unpaired) electrons. The Morgan fingerprint density at radius 1 is 1.62 bits per heavy atom. The normalized spacial score (nSPS) is 10.1. The van der Waals surface area contributed by atoms with Gasteiger partial charge in [0.1, 0.15) is 5.88 Å². The van der Waals surface area contributed by atoms with Crippen LogP contribution in [0.2, 0.25) is 0 Å². The van der Waals surface area contributed by atoms with Gasteiger partial charge in [-0.25, -0.2) is 4.98 Å². The third-order valence-electron chi connectivity index (χ3n) is 1.57. The summed E-state index contributed by atoms with van der Waals surface area (Å²) in [6.45, 7) is 4.42. The van der Waals surface area contributed by atoms with Crippen LogP contribution in [0.1, 0.15) is 15.6 Å². The molecule has 13 heavy (non-hydrogen) atoms. The molecular formula is C8H11ClN2OS. The number of amides is 1. The number of hydrogen-bond acceptors (Lipinski definition) is 3. The fourth-order valence-electron chi connectivity index (χ4n) is 0.964. The van der Waals surface area contributed by atoms with E-state index < -0.39 is 0 Å². The van der Waals surface area contributed by atoms with Crippen LogP contribution in [0, 0.1) is 13.8 Å². The first-order valence-corrected chi connectivity index (χ1v) is 5.24. The Hall–Kier alpha value is -0.610. The molecule has 3 nitrogen and oxygen atoms in total. The first-order valence-electron chi connectivity index (χ1n) is 3.89. The van der Waals surface area contributed by atoms with Crippen molar-refractivity contribution < 1.29 is 4.79 Å². The van der Waals surface area contributed by atoms with Gasteiger partial charge in [0.2, 0.25) is 5.91 Å². The fourth-order valence-corrected chi connectivity index (χ4v) is 1.93. The van der Waals surface area contributed by atoms with Crippen molar-refractivity contribution in [1.82, 2.24) is 10.3 Å². The molecule has 0 aliphatic heterocycles. The number of nitrogens with zero attached hydrogens (tertiary/aromatic N) is 1. The van der Waals surface area contributed by atoms with Crippen LogP contribution in [0.15, 0.2) is 0 Å². The van der Waals surface area contributed by atoms with E-state index in [1.807, 2.05) is 13.8 Å². The van der Waals surface area contributed by atoms with E-state index in [-0.39, 0.29) is 11.8 Å². The molecule has 0 atom stereocenters. The van der Waals surface area contributed by atoms with Gasteiger partial charge >= 0.3 is 0 Å². The molecule has 0 saturated heterocycles. The molecule has 72 valence electrons. The van der Waals surface area contributed by atoms with Gasteiger partial charge in [0.25, 0.3) is 0 Å². The summed E-state index contributed by atoms with van der Waals surface area (Å²) in [6.07, 6.45) is 0. The van der Waals surface area contributed by atoms with Crippen LogP contribution in [-0.2, 0) is 11.3 Å². The Kier molecular flexibility index (Phi) is 3.69. The molecule has 0 saturated carbocycles. The van der Waals surface area contributed by atoms with E-state index in [1.54, 1.807) is 11.3 Å². The largest absolute Gasteiger partial charge is 0.350 e. The van der Waals surface area contributed by atoms with Gasteiger partial charge in [-0.3, -0.25) is 4.79 Å². The lowest BCUT2D eigenvalue weighted by Gasteiger charge is -1.99. The molecule has 5 heteroatoms. The van der Waals surface area contributed by atoms with Gasteiger partial charge in [-0.2, -0.15) is 0 Å². The quantitative estimate of drug-likeness (QED) is 0.784. The van der Waals surface area contributed by atoms with E-state index in [4.69, 9.17) is 11.6 Å². The summed E-state index contributed by atoms with van der Waals surface area (Å²) in [5.74, 6) is -0.135. The molecular weight excluding hydrogens is 208 g/mol. The summed E-state index contributed by atoms with van der Waals surface area (Å²) in [7, 11) is 0. The molecule has 0 spiro atoms. The fraction of sp³-hybridized carbons (Fsp3) is 0.500. The van der Waals surface area contributed by atoms with Crippen molar-refractivity contribution >= 4 is 28.8 Å². The van der Waals surface area contributed by atoms with E-state index in [2.05, 4.69) is 10.3 Å². The number of aryl methyl sites for hydroxylation is 2. The number of carbonyl (C=O) groups is 1. The molecule has 0 unspecified atom stereocenters. The highest BCUT2D eigenvalue weighted by Gasteiger charge is 2.05. The minimum atomic E-state index is -0.146. The number of carbonyl (C=O) groups excluding carboxylic acids is 1. The van der Waals surface area contributed by atoms with E-state index in [0.29, 0.717) is 6.54 Å². The third kappa shape index (κ3) is 2.97. The lowest BCUT2D eigenvalue weighted by molar-refractivity contribution is -0.118. The van der Waals surface area contributed by atoms with E-state index in [9.17, 15) is 4.79 Å². The summed E-state index contributed by atoms with van der Waals surface area (Å²) >= 11 is 6.94. The molecule has 0 aliphatic rings. The van der Waals surface area contributed by atoms with Crippen LogP contribution in [0.5, 0.6) is 0 Å². The smallest absolute Gasteiger partial charge is 0.235 e. The minimum Gasteiger partial charge on any atom is -0.350 e. The van der Waals surface area contributed by atoms with Crippen molar-refractivity contribution in [1.29, 1.82) is 0 Å². The third-order valence-corrected chi connectivity index (χ3v) is 2.88. The van der Waals surface area contributed by atoms with Gasteiger partial charge in [0.15, 0.2) is 0 Å². The maximum Gasteiger partial charge on any atom is 0.235 e. The van der Waals surface area contributed by atoms with Crippen molar-refractivity contribution in [3.63, 3.8) is 0 Å². The zero-order valence-electron chi connectivity index (χ0n) is 7.56. The molecule has 0 bridgehead atoms. The maximum atomic E-state index is 10.8. The monoisotopic (exact) mass is 218 g/mol. The lowest BCUT2D eigenvalue weighted by atomic mass is 10.4. The molecule has 0 aliphatic carbocycles. The number of rotatable bonds is 3. The van der Waals surface area contributed by atoms with Crippen LogP contribution in [0.4, 0.5) is 0 Å². The Balaban J connectivity index is 2.54. The van der Waals surface area contributed by atoms with Crippen molar-refractivity contribution in [2.45, 2.75) is 20.4 Å². The molecule has 1 amide bonds. The molecule has 1 aromatic rings. The highest BCUT2D eigenvalue weighted by atomic mass is 35.5. The van der Waals surface area contributed by atoms with Gasteiger partial charge in [0, 0.05) is 4.88 Å². The highest BCUT2D eigenvalue weighted by molar-refractivity contribution is 7.11. The van der Waals surface area contributed by atoms with Gasteiger partial charge in [-0.05, 0) is 13.8 Å². The molecule has 0 fully saturated rings. The number of thiazole rings is 1. The second kappa shape index (κ2) is 4.58. The highest BCUT2D eigenvalue weighted by Crippen LogP contribution is 2.16. The lowest BCUT2D eigenvalue weighted by Crippen LogP contribution is -2.23. The van der Waals surface area contributed by atoms with Gasteiger partial charge in [-0.1, -0.05) is 0 Å². The molecule has 1 rings (SSSR count). The summed E-state index contributed by atoms with van der Waals surface area (Å²) in [6, 6.07) is 0. The minimum absolute atomic E-state index is 0.0107. The molecule has 1 heterocycles. The van der Waals surface area contributed by atoms with Crippen molar-refractivity contribution in [2.75, 3.05) is 5.88 Å². The standard InChI is InChI=1S/C8H11ClN2OS/c1-5-7(13-6(2)11-5)4-10-8(12)3-9/h3-4H2,1-2H3,(H,10,12). The van der Waals surface area contributed by atoms with E-state index in [0.717, 1.165) is 15.6 Å². The number of aromatic nitrogens is 1. The first-order chi connectivity index (χ1) is 6.13. The van der Waals surface area contributed by atoms with Crippen molar-refractivity contribution in [3.05, 3.63) is 15.6 Å². The average Bonchev–Trinajstić information content (AvgIpc) is 2.41. The number of hydrogen-bond donors (Lipinski definition) is 1. The van der Waals surface area contributed by atoms with E-state index >= 15 is 0 Å². The summed E-state index contributed by atoms with van der Waals surface area (Å²) in [5, 5.41) is 3.72. The Morgan fingerprint density at radius 2 is 2.31 bits per heavy atom.